The zero-order chi connectivity index (χ0) is 24.0. The van der Waals surface area contributed by atoms with Crippen molar-refractivity contribution in [3.8, 4) is 0 Å². The maximum atomic E-state index is 14.9. The number of carbonyl (C=O) groups excluding carboxylic acids is 1. The minimum absolute atomic E-state index is 0.105. The van der Waals surface area contributed by atoms with E-state index in [1.54, 1.807) is 0 Å². The Bertz CT molecular complexity index is 1090. The molecule has 1 saturated carbocycles. The molecule has 2 aliphatic carbocycles. The molecule has 188 valence electrons. The maximum absolute atomic E-state index is 14.9. The Balaban J connectivity index is 1.30. The molecule has 2 aromatic rings. The summed E-state index contributed by atoms with van der Waals surface area (Å²) in [5.41, 5.74) is 1.27. The Morgan fingerprint density at radius 1 is 1.03 bits per heavy atom. The number of alkyl halides is 2. The molecule has 1 amide bonds. The van der Waals surface area contributed by atoms with Gasteiger partial charge in [0.15, 0.2) is 5.82 Å². The Morgan fingerprint density at radius 3 is 2.63 bits per heavy atom. The monoisotopic (exact) mass is 485 g/mol. The maximum Gasteiger partial charge on any atom is 0.278 e. The Kier molecular flexibility index (Phi) is 5.84. The van der Waals surface area contributed by atoms with Crippen LogP contribution in [-0.2, 0) is 17.1 Å². The van der Waals surface area contributed by atoms with Crippen LogP contribution in [0.25, 0.3) is 0 Å². The molecule has 3 fully saturated rings. The molecule has 2 saturated heterocycles. The molecule has 0 bridgehead atoms. The van der Waals surface area contributed by atoms with Crippen LogP contribution in [0.15, 0.2) is 6.07 Å². The summed E-state index contributed by atoms with van der Waals surface area (Å²) >= 11 is 0. The number of nitrogens with one attached hydrogen (secondary N) is 2. The van der Waals surface area contributed by atoms with Crippen LogP contribution < -0.4 is 10.2 Å². The van der Waals surface area contributed by atoms with Crippen molar-refractivity contribution < 1.29 is 13.6 Å². The third kappa shape index (κ3) is 4.25. The number of aryl methyl sites for hydroxylation is 1. The van der Waals surface area contributed by atoms with Gasteiger partial charge in [0.25, 0.3) is 5.92 Å². The number of aromatic amines is 1. The molecular formula is C25H33F2N7O. The second kappa shape index (κ2) is 9.02. The van der Waals surface area contributed by atoms with E-state index < -0.39 is 5.92 Å². The summed E-state index contributed by atoms with van der Waals surface area (Å²) in [6, 6.07) is 1.58. The number of fused-ring (bicyclic) bond motifs is 1. The first-order valence-electron chi connectivity index (χ1n) is 13.2. The van der Waals surface area contributed by atoms with Gasteiger partial charge in [-0.2, -0.15) is 10.1 Å². The van der Waals surface area contributed by atoms with E-state index in [1.807, 2.05) is 15.9 Å². The number of amides is 1. The minimum atomic E-state index is -2.99. The molecule has 2 aromatic heterocycles. The fourth-order valence-corrected chi connectivity index (χ4v) is 6.23. The Labute approximate surface area is 203 Å². The Morgan fingerprint density at radius 2 is 1.83 bits per heavy atom. The van der Waals surface area contributed by atoms with Gasteiger partial charge in [-0.15, -0.1) is 0 Å². The highest BCUT2D eigenvalue weighted by Gasteiger charge is 2.45. The fourth-order valence-electron chi connectivity index (χ4n) is 6.23. The first-order valence-corrected chi connectivity index (χ1v) is 13.2. The smallest absolute Gasteiger partial charge is 0.278 e. The largest absolute Gasteiger partial charge is 0.341 e. The molecule has 2 N–H and O–H groups in total. The summed E-state index contributed by atoms with van der Waals surface area (Å²) in [4.78, 5) is 26.4. The lowest BCUT2D eigenvalue weighted by molar-refractivity contribution is -0.133. The average molecular weight is 486 g/mol. The molecule has 35 heavy (non-hydrogen) atoms. The fraction of sp³-hybridized carbons (Fsp3) is 0.680. The van der Waals surface area contributed by atoms with E-state index in [1.165, 1.54) is 12.8 Å². The van der Waals surface area contributed by atoms with Gasteiger partial charge >= 0.3 is 0 Å². The summed E-state index contributed by atoms with van der Waals surface area (Å²) in [5, 5.41) is 10.5. The number of anilines is 3. The van der Waals surface area contributed by atoms with Gasteiger partial charge in [0, 0.05) is 43.7 Å². The van der Waals surface area contributed by atoms with Gasteiger partial charge in [0.05, 0.1) is 11.3 Å². The van der Waals surface area contributed by atoms with E-state index in [0.29, 0.717) is 29.9 Å². The zero-order valence-corrected chi connectivity index (χ0v) is 20.0. The number of aromatic nitrogens is 4. The van der Waals surface area contributed by atoms with E-state index >= 15 is 0 Å². The van der Waals surface area contributed by atoms with E-state index in [2.05, 4.69) is 25.5 Å². The van der Waals surface area contributed by atoms with E-state index in [9.17, 15) is 13.6 Å². The summed E-state index contributed by atoms with van der Waals surface area (Å²) in [6.07, 6.45) is 9.37. The molecule has 6 rings (SSSR count). The van der Waals surface area contributed by atoms with Crippen molar-refractivity contribution in [3.05, 3.63) is 23.0 Å². The SMILES string of the molecule is O=C([C@H]1CCCN1c1nc2c(c(Nc3cc(C4CCCC4)[nH]n3)n1)C(F)(F)CC2)N1CCCCC1. The van der Waals surface area contributed by atoms with Crippen molar-refractivity contribution in [1.82, 2.24) is 25.1 Å². The number of hydrogen-bond acceptors (Lipinski definition) is 6. The summed E-state index contributed by atoms with van der Waals surface area (Å²) in [7, 11) is 0. The topological polar surface area (TPSA) is 90.0 Å². The van der Waals surface area contributed by atoms with Crippen LogP contribution >= 0.6 is 0 Å². The second-order valence-electron chi connectivity index (χ2n) is 10.5. The predicted octanol–water partition coefficient (Wildman–Crippen LogP) is 4.62. The van der Waals surface area contributed by atoms with Crippen LogP contribution in [0.5, 0.6) is 0 Å². The molecular weight excluding hydrogens is 452 g/mol. The number of H-pyrrole nitrogens is 1. The van der Waals surface area contributed by atoms with E-state index in [-0.39, 0.29) is 36.2 Å². The van der Waals surface area contributed by atoms with Gasteiger partial charge in [-0.3, -0.25) is 9.89 Å². The van der Waals surface area contributed by atoms with Gasteiger partial charge in [0.1, 0.15) is 11.9 Å². The number of rotatable bonds is 5. The van der Waals surface area contributed by atoms with Crippen molar-refractivity contribution >= 4 is 23.5 Å². The standard InChI is InChI=1S/C25H33F2N7O/c26-25(27)11-10-17-21(25)22(29-20-15-18(31-32-20)16-7-2-3-8-16)30-24(28-17)34-14-6-9-19(34)23(35)33-12-4-1-5-13-33/h15-16,19H,1-14H2,(H2,28,29,30,31,32)/t19-/m1/s1. The van der Waals surface area contributed by atoms with Crippen molar-refractivity contribution in [2.75, 3.05) is 29.9 Å². The third-order valence-electron chi connectivity index (χ3n) is 8.12. The third-order valence-corrected chi connectivity index (χ3v) is 8.12. The minimum Gasteiger partial charge on any atom is -0.341 e. The molecule has 4 aliphatic rings. The lowest BCUT2D eigenvalue weighted by atomic mass is 10.0. The van der Waals surface area contributed by atoms with Gasteiger partial charge in [-0.1, -0.05) is 12.8 Å². The highest BCUT2D eigenvalue weighted by Crippen LogP contribution is 2.46. The molecule has 0 unspecified atom stereocenters. The number of nitrogens with zero attached hydrogens (tertiary/aromatic N) is 5. The van der Waals surface area contributed by atoms with Crippen molar-refractivity contribution in [2.45, 2.75) is 88.5 Å². The number of likely N-dealkylation sites (tertiary alicyclic amines) is 1. The number of carbonyl (C=O) groups is 1. The summed E-state index contributed by atoms with van der Waals surface area (Å²) < 4.78 is 29.8. The van der Waals surface area contributed by atoms with E-state index in [4.69, 9.17) is 0 Å². The second-order valence-corrected chi connectivity index (χ2v) is 10.5. The number of hydrogen-bond donors (Lipinski definition) is 2. The molecule has 1 atom stereocenters. The zero-order valence-electron chi connectivity index (χ0n) is 20.0. The predicted molar refractivity (Wildman–Crippen MR) is 128 cm³/mol. The van der Waals surface area contributed by atoms with Crippen molar-refractivity contribution in [3.63, 3.8) is 0 Å². The van der Waals surface area contributed by atoms with Gasteiger partial charge < -0.3 is 15.1 Å². The first-order chi connectivity index (χ1) is 17.0. The average Bonchev–Trinajstić information content (AvgIpc) is 3.66. The molecule has 0 radical (unpaired) electrons. The molecule has 8 nitrogen and oxygen atoms in total. The van der Waals surface area contributed by atoms with Crippen LogP contribution in [0.3, 0.4) is 0 Å². The number of halogens is 2. The lowest BCUT2D eigenvalue weighted by Gasteiger charge is -2.33. The normalized spacial score (nSPS) is 24.2. The molecule has 10 heteroatoms. The first kappa shape index (κ1) is 22.7. The van der Waals surface area contributed by atoms with Crippen LogP contribution in [0, 0.1) is 0 Å². The van der Waals surface area contributed by atoms with Gasteiger partial charge in [-0.25, -0.2) is 13.8 Å². The molecule has 2 aliphatic heterocycles. The molecule has 0 aromatic carbocycles. The van der Waals surface area contributed by atoms with Crippen LogP contribution in [-0.4, -0.2) is 56.6 Å². The van der Waals surface area contributed by atoms with Gasteiger partial charge in [-0.05, 0) is 51.4 Å². The summed E-state index contributed by atoms with van der Waals surface area (Å²) in [5.74, 6) is -1.48. The van der Waals surface area contributed by atoms with E-state index in [0.717, 1.165) is 63.7 Å². The molecule has 0 spiro atoms. The number of piperidine rings is 1. The quantitative estimate of drug-likeness (QED) is 0.642. The highest BCUT2D eigenvalue weighted by molar-refractivity contribution is 5.85. The van der Waals surface area contributed by atoms with Crippen molar-refractivity contribution in [2.24, 2.45) is 0 Å². The van der Waals surface area contributed by atoms with Crippen LogP contribution in [0.4, 0.5) is 26.4 Å². The summed E-state index contributed by atoms with van der Waals surface area (Å²) in [6.45, 7) is 2.22. The van der Waals surface area contributed by atoms with Crippen LogP contribution in [0.1, 0.15) is 87.1 Å². The molecule has 4 heterocycles. The van der Waals surface area contributed by atoms with Gasteiger partial charge in [0.2, 0.25) is 11.9 Å². The van der Waals surface area contributed by atoms with Crippen LogP contribution in [0.2, 0.25) is 0 Å². The highest BCUT2D eigenvalue weighted by atomic mass is 19.3. The lowest BCUT2D eigenvalue weighted by Crippen LogP contribution is -2.48. The Hall–Kier alpha value is -2.78. The van der Waals surface area contributed by atoms with Crippen molar-refractivity contribution in [1.29, 1.82) is 0 Å².